The number of halogens is 2. The van der Waals surface area contributed by atoms with Crippen molar-refractivity contribution < 1.29 is 8.91 Å². The summed E-state index contributed by atoms with van der Waals surface area (Å²) in [7, 11) is 0. The molecule has 0 unspecified atom stereocenters. The van der Waals surface area contributed by atoms with E-state index in [4.69, 9.17) is 4.52 Å². The van der Waals surface area contributed by atoms with Gasteiger partial charge in [0.1, 0.15) is 5.82 Å². The van der Waals surface area contributed by atoms with Crippen molar-refractivity contribution in [3.05, 3.63) is 47.0 Å². The van der Waals surface area contributed by atoms with E-state index in [1.54, 1.807) is 12.1 Å². The molecule has 0 amide bonds. The summed E-state index contributed by atoms with van der Waals surface area (Å²) >= 11 is 3.27. The molecule has 1 heterocycles. The summed E-state index contributed by atoms with van der Waals surface area (Å²) in [4.78, 5) is 4.22. The molecule has 0 atom stereocenters. The fourth-order valence-corrected chi connectivity index (χ4v) is 1.92. The van der Waals surface area contributed by atoms with E-state index in [0.717, 1.165) is 0 Å². The van der Waals surface area contributed by atoms with Gasteiger partial charge in [0.2, 0.25) is 11.7 Å². The smallest absolute Gasteiger partial charge is 0.240 e. The lowest BCUT2D eigenvalue weighted by Gasteiger charge is -1.98. The molecule has 4 nitrogen and oxygen atoms in total. The zero-order chi connectivity index (χ0) is 13.0. The SMILES string of the molecule is C=CCNCc1nc(-c2ccc(F)cc2Br)no1. The second kappa shape index (κ2) is 5.88. The van der Waals surface area contributed by atoms with Crippen molar-refractivity contribution in [2.45, 2.75) is 6.54 Å². The highest BCUT2D eigenvalue weighted by Gasteiger charge is 2.11. The summed E-state index contributed by atoms with van der Waals surface area (Å²) in [5, 5.41) is 6.91. The number of nitrogens with one attached hydrogen (secondary N) is 1. The quantitative estimate of drug-likeness (QED) is 0.681. The molecule has 0 radical (unpaired) electrons. The van der Waals surface area contributed by atoms with E-state index in [9.17, 15) is 4.39 Å². The molecule has 18 heavy (non-hydrogen) atoms. The summed E-state index contributed by atoms with van der Waals surface area (Å²) in [6.45, 7) is 4.73. The summed E-state index contributed by atoms with van der Waals surface area (Å²) in [6, 6.07) is 4.32. The number of aromatic nitrogens is 2. The van der Waals surface area contributed by atoms with E-state index in [-0.39, 0.29) is 5.82 Å². The molecule has 2 aromatic rings. The van der Waals surface area contributed by atoms with Gasteiger partial charge in [-0.1, -0.05) is 11.2 Å². The molecule has 0 fully saturated rings. The molecule has 0 bridgehead atoms. The average molecular weight is 312 g/mol. The second-order valence-electron chi connectivity index (χ2n) is 3.56. The average Bonchev–Trinajstić information content (AvgIpc) is 2.78. The highest BCUT2D eigenvalue weighted by atomic mass is 79.9. The minimum absolute atomic E-state index is 0.318. The molecule has 0 aliphatic rings. The maximum Gasteiger partial charge on any atom is 0.240 e. The molecular weight excluding hydrogens is 301 g/mol. The molecule has 2 rings (SSSR count). The molecule has 0 spiro atoms. The Hall–Kier alpha value is -1.53. The number of hydrogen-bond acceptors (Lipinski definition) is 4. The Kier molecular flexibility index (Phi) is 4.22. The minimum Gasteiger partial charge on any atom is -0.338 e. The highest BCUT2D eigenvalue weighted by Crippen LogP contribution is 2.26. The van der Waals surface area contributed by atoms with Crippen LogP contribution in [0.3, 0.4) is 0 Å². The Balaban J connectivity index is 2.16. The van der Waals surface area contributed by atoms with E-state index in [0.29, 0.717) is 34.8 Å². The third-order valence-electron chi connectivity index (χ3n) is 2.21. The summed E-state index contributed by atoms with van der Waals surface area (Å²) in [5.74, 6) is 0.586. The fourth-order valence-electron chi connectivity index (χ4n) is 1.39. The van der Waals surface area contributed by atoms with Gasteiger partial charge in [-0.05, 0) is 34.1 Å². The van der Waals surface area contributed by atoms with Crippen LogP contribution in [0.5, 0.6) is 0 Å². The Morgan fingerprint density at radius 1 is 1.50 bits per heavy atom. The summed E-state index contributed by atoms with van der Waals surface area (Å²) in [5.41, 5.74) is 0.690. The van der Waals surface area contributed by atoms with Gasteiger partial charge in [0.15, 0.2) is 0 Å². The lowest BCUT2D eigenvalue weighted by atomic mass is 10.2. The third kappa shape index (κ3) is 3.02. The first-order valence-electron chi connectivity index (χ1n) is 5.30. The zero-order valence-corrected chi connectivity index (χ0v) is 11.1. The number of rotatable bonds is 5. The fraction of sp³-hybridized carbons (Fsp3) is 0.167. The van der Waals surface area contributed by atoms with E-state index >= 15 is 0 Å². The van der Waals surface area contributed by atoms with Crippen LogP contribution in [0.15, 0.2) is 39.8 Å². The van der Waals surface area contributed by atoms with Gasteiger partial charge in [-0.2, -0.15) is 4.98 Å². The standard InChI is InChI=1S/C12H11BrFN3O/c1-2-5-15-7-11-16-12(17-18-11)9-4-3-8(14)6-10(9)13/h2-4,6,15H,1,5,7H2. The zero-order valence-electron chi connectivity index (χ0n) is 9.49. The molecule has 1 N–H and O–H groups in total. The highest BCUT2D eigenvalue weighted by molar-refractivity contribution is 9.10. The number of nitrogens with zero attached hydrogens (tertiary/aromatic N) is 2. The van der Waals surface area contributed by atoms with Gasteiger partial charge in [-0.25, -0.2) is 4.39 Å². The Bertz CT molecular complexity index is 556. The molecule has 94 valence electrons. The van der Waals surface area contributed by atoms with Gasteiger partial charge in [0.05, 0.1) is 6.54 Å². The second-order valence-corrected chi connectivity index (χ2v) is 4.41. The van der Waals surface area contributed by atoms with E-state index in [2.05, 4.69) is 38.0 Å². The first kappa shape index (κ1) is 12.9. The molecule has 0 aliphatic carbocycles. The van der Waals surface area contributed by atoms with Crippen LogP contribution in [0.4, 0.5) is 4.39 Å². The van der Waals surface area contributed by atoms with Crippen molar-refractivity contribution >= 4 is 15.9 Å². The van der Waals surface area contributed by atoms with Gasteiger partial charge < -0.3 is 9.84 Å². The molecule has 0 aliphatic heterocycles. The molecule has 0 saturated heterocycles. The first-order valence-corrected chi connectivity index (χ1v) is 6.09. The Labute approximate surface area is 112 Å². The van der Waals surface area contributed by atoms with Crippen LogP contribution in [0.2, 0.25) is 0 Å². The van der Waals surface area contributed by atoms with Gasteiger partial charge in [-0.3, -0.25) is 0 Å². The van der Waals surface area contributed by atoms with Crippen LogP contribution in [0.1, 0.15) is 5.89 Å². The van der Waals surface area contributed by atoms with Crippen LogP contribution >= 0.6 is 15.9 Å². The van der Waals surface area contributed by atoms with E-state index < -0.39 is 0 Å². The van der Waals surface area contributed by atoms with Crippen LogP contribution in [-0.2, 0) is 6.54 Å². The van der Waals surface area contributed by atoms with Gasteiger partial charge in [0, 0.05) is 16.6 Å². The number of benzene rings is 1. The van der Waals surface area contributed by atoms with Crippen molar-refractivity contribution in [1.82, 2.24) is 15.5 Å². The lowest BCUT2D eigenvalue weighted by molar-refractivity contribution is 0.370. The van der Waals surface area contributed by atoms with E-state index in [1.165, 1.54) is 12.1 Å². The third-order valence-corrected chi connectivity index (χ3v) is 2.86. The van der Waals surface area contributed by atoms with Gasteiger partial charge in [0.25, 0.3) is 0 Å². The van der Waals surface area contributed by atoms with Crippen molar-refractivity contribution in [3.63, 3.8) is 0 Å². The molecule has 1 aromatic carbocycles. The Morgan fingerprint density at radius 3 is 3.06 bits per heavy atom. The molecule has 6 heteroatoms. The van der Waals surface area contributed by atoms with Crippen molar-refractivity contribution in [2.24, 2.45) is 0 Å². The van der Waals surface area contributed by atoms with Crippen molar-refractivity contribution in [2.75, 3.05) is 6.54 Å². The molecule has 0 saturated carbocycles. The molecular formula is C12H11BrFN3O. The Morgan fingerprint density at radius 2 is 2.33 bits per heavy atom. The van der Waals surface area contributed by atoms with Crippen LogP contribution in [0, 0.1) is 5.82 Å². The molecule has 1 aromatic heterocycles. The maximum absolute atomic E-state index is 13.0. The van der Waals surface area contributed by atoms with Crippen LogP contribution in [0.25, 0.3) is 11.4 Å². The predicted octanol–water partition coefficient (Wildman–Crippen LogP) is 2.91. The summed E-state index contributed by atoms with van der Waals surface area (Å²) < 4.78 is 18.6. The van der Waals surface area contributed by atoms with Gasteiger partial charge >= 0.3 is 0 Å². The summed E-state index contributed by atoms with van der Waals surface area (Å²) in [6.07, 6.45) is 1.74. The monoisotopic (exact) mass is 311 g/mol. The largest absolute Gasteiger partial charge is 0.338 e. The normalized spacial score (nSPS) is 10.6. The topological polar surface area (TPSA) is 51.0 Å². The van der Waals surface area contributed by atoms with E-state index in [1.807, 2.05) is 0 Å². The van der Waals surface area contributed by atoms with Gasteiger partial charge in [-0.15, -0.1) is 6.58 Å². The number of hydrogen-bond donors (Lipinski definition) is 1. The van der Waals surface area contributed by atoms with Crippen LogP contribution in [-0.4, -0.2) is 16.7 Å². The minimum atomic E-state index is -0.318. The van der Waals surface area contributed by atoms with Crippen molar-refractivity contribution in [1.29, 1.82) is 0 Å². The maximum atomic E-state index is 13.0. The van der Waals surface area contributed by atoms with Crippen LogP contribution < -0.4 is 5.32 Å². The van der Waals surface area contributed by atoms with Crippen molar-refractivity contribution in [3.8, 4) is 11.4 Å². The lowest BCUT2D eigenvalue weighted by Crippen LogP contribution is -2.12. The first-order chi connectivity index (χ1) is 8.70. The predicted molar refractivity (Wildman–Crippen MR) is 69.3 cm³/mol.